The number of ether oxygens (including phenoxy) is 1. The molecule has 1 N–H and O–H groups in total. The lowest BCUT2D eigenvalue weighted by molar-refractivity contribution is -0.144. The molecule has 0 atom stereocenters. The summed E-state index contributed by atoms with van der Waals surface area (Å²) in [5, 5.41) is 4.23. The maximum absolute atomic E-state index is 12.3. The fraction of sp³-hybridized carbons (Fsp3) is 0.182. The predicted octanol–water partition coefficient (Wildman–Crippen LogP) is 6.40. The number of aromatic nitrogens is 1. The first-order valence-corrected chi connectivity index (χ1v) is 9.71. The summed E-state index contributed by atoms with van der Waals surface area (Å²) in [7, 11) is 0. The summed E-state index contributed by atoms with van der Waals surface area (Å²) < 4.78 is 5.40. The fourth-order valence-electron chi connectivity index (χ4n) is 2.72. The number of nitrogens with zero attached hydrogens (tertiary/aromatic N) is 1. The van der Waals surface area contributed by atoms with Gasteiger partial charge in [0, 0.05) is 11.4 Å². The summed E-state index contributed by atoms with van der Waals surface area (Å²) >= 11 is 12.5. The lowest BCUT2D eigenvalue weighted by Gasteiger charge is -2.14. The Morgan fingerprint density at radius 2 is 1.62 bits per heavy atom. The fourth-order valence-corrected chi connectivity index (χ4v) is 3.21. The number of para-hydroxylation sites is 2. The van der Waals surface area contributed by atoms with Gasteiger partial charge in [-0.2, -0.15) is 0 Å². The van der Waals surface area contributed by atoms with Crippen LogP contribution in [0.15, 0.2) is 60.7 Å². The van der Waals surface area contributed by atoms with E-state index in [1.807, 2.05) is 49.4 Å². The monoisotopic (exact) mass is 450 g/mol. The largest absolute Gasteiger partial charge is 0.459 e. The van der Waals surface area contributed by atoms with Crippen LogP contribution in [-0.4, -0.2) is 11.0 Å². The SMILES string of the molecule is CCc1cccc(COC(=O)Cc2ccccc2Nc2c(Cl)cccc2Cl)n1.Cl. The van der Waals surface area contributed by atoms with E-state index in [9.17, 15) is 4.79 Å². The molecular formula is C22H21Cl3N2O2. The number of esters is 1. The first-order chi connectivity index (χ1) is 13.6. The number of carbonyl (C=O) groups is 1. The van der Waals surface area contributed by atoms with Crippen LogP contribution in [-0.2, 0) is 29.0 Å². The number of halogens is 3. The summed E-state index contributed by atoms with van der Waals surface area (Å²) in [4.78, 5) is 16.8. The van der Waals surface area contributed by atoms with Crippen LogP contribution in [0.3, 0.4) is 0 Å². The van der Waals surface area contributed by atoms with Gasteiger partial charge in [-0.3, -0.25) is 9.78 Å². The molecule has 0 aliphatic carbocycles. The van der Waals surface area contributed by atoms with Gasteiger partial charge >= 0.3 is 5.97 Å². The summed E-state index contributed by atoms with van der Waals surface area (Å²) in [6.45, 7) is 2.19. The molecule has 0 amide bonds. The molecule has 4 nitrogen and oxygen atoms in total. The molecular weight excluding hydrogens is 431 g/mol. The number of hydrogen-bond acceptors (Lipinski definition) is 4. The Hall–Kier alpha value is -2.27. The summed E-state index contributed by atoms with van der Waals surface area (Å²) in [6.07, 6.45) is 0.962. The van der Waals surface area contributed by atoms with Gasteiger partial charge in [-0.05, 0) is 42.3 Å². The van der Waals surface area contributed by atoms with Gasteiger partial charge in [0.1, 0.15) is 6.61 Å². The van der Waals surface area contributed by atoms with Crippen molar-refractivity contribution in [2.75, 3.05) is 5.32 Å². The van der Waals surface area contributed by atoms with E-state index >= 15 is 0 Å². The van der Waals surface area contributed by atoms with E-state index < -0.39 is 0 Å². The molecule has 7 heteroatoms. The van der Waals surface area contributed by atoms with Crippen molar-refractivity contribution in [3.05, 3.63) is 87.7 Å². The average Bonchev–Trinajstić information content (AvgIpc) is 2.70. The molecule has 0 unspecified atom stereocenters. The third-order valence-corrected chi connectivity index (χ3v) is 4.81. The topological polar surface area (TPSA) is 51.2 Å². The van der Waals surface area contributed by atoms with Crippen molar-refractivity contribution in [2.24, 2.45) is 0 Å². The Bertz CT molecular complexity index is 960. The number of anilines is 2. The van der Waals surface area contributed by atoms with Gasteiger partial charge in [0.15, 0.2) is 0 Å². The standard InChI is InChI=1S/C22H20Cl2N2O2.ClH/c1-2-16-8-5-9-17(25-16)14-28-21(27)13-15-7-3-4-12-20(15)26-22-18(23)10-6-11-19(22)24;/h3-12,26H,2,13-14H2,1H3;1H. The van der Waals surface area contributed by atoms with Gasteiger partial charge in [0.05, 0.1) is 27.8 Å². The summed E-state index contributed by atoms with van der Waals surface area (Å²) in [5.74, 6) is -0.330. The van der Waals surface area contributed by atoms with E-state index in [0.717, 1.165) is 29.1 Å². The molecule has 0 saturated carbocycles. The Morgan fingerprint density at radius 3 is 2.34 bits per heavy atom. The first kappa shape index (κ1) is 23.0. The number of benzene rings is 2. The number of pyridine rings is 1. The van der Waals surface area contributed by atoms with Crippen molar-refractivity contribution in [2.45, 2.75) is 26.4 Å². The van der Waals surface area contributed by atoms with Crippen LogP contribution in [0.25, 0.3) is 0 Å². The van der Waals surface area contributed by atoms with E-state index in [1.165, 1.54) is 0 Å². The molecule has 3 rings (SSSR count). The van der Waals surface area contributed by atoms with Gasteiger partial charge < -0.3 is 10.1 Å². The second-order valence-corrected chi connectivity index (χ2v) is 7.00. The van der Waals surface area contributed by atoms with Crippen LogP contribution < -0.4 is 5.32 Å². The summed E-state index contributed by atoms with van der Waals surface area (Å²) in [6, 6.07) is 18.5. The number of rotatable bonds is 7. The van der Waals surface area contributed by atoms with Crippen LogP contribution in [0.5, 0.6) is 0 Å². The van der Waals surface area contributed by atoms with Crippen LogP contribution in [0.4, 0.5) is 11.4 Å². The van der Waals surface area contributed by atoms with Crippen molar-refractivity contribution in [3.8, 4) is 0 Å². The van der Waals surface area contributed by atoms with Crippen LogP contribution >= 0.6 is 35.6 Å². The van der Waals surface area contributed by atoms with Crippen molar-refractivity contribution < 1.29 is 9.53 Å². The highest BCUT2D eigenvalue weighted by molar-refractivity contribution is 6.39. The third-order valence-electron chi connectivity index (χ3n) is 4.18. The Morgan fingerprint density at radius 1 is 0.966 bits per heavy atom. The van der Waals surface area contributed by atoms with Gasteiger partial charge in [-0.1, -0.05) is 60.5 Å². The maximum Gasteiger partial charge on any atom is 0.310 e. The number of aryl methyl sites for hydroxylation is 1. The maximum atomic E-state index is 12.3. The highest BCUT2D eigenvalue weighted by atomic mass is 35.5. The van der Waals surface area contributed by atoms with E-state index in [2.05, 4.69) is 10.3 Å². The molecule has 3 aromatic rings. The molecule has 0 saturated heterocycles. The Labute approximate surface area is 186 Å². The molecule has 1 heterocycles. The minimum atomic E-state index is -0.330. The van der Waals surface area contributed by atoms with Crippen LogP contribution in [0, 0.1) is 0 Å². The second kappa shape index (κ2) is 11.1. The first-order valence-electron chi connectivity index (χ1n) is 8.96. The van der Waals surface area contributed by atoms with Gasteiger partial charge in [0.2, 0.25) is 0 Å². The van der Waals surface area contributed by atoms with E-state index in [0.29, 0.717) is 15.7 Å². The molecule has 0 bridgehead atoms. The van der Waals surface area contributed by atoms with Crippen LogP contribution in [0.2, 0.25) is 10.0 Å². The highest BCUT2D eigenvalue weighted by Gasteiger charge is 2.12. The number of hydrogen-bond donors (Lipinski definition) is 1. The van der Waals surface area contributed by atoms with Crippen molar-refractivity contribution in [1.82, 2.24) is 4.98 Å². The molecule has 0 aliphatic heterocycles. The molecule has 29 heavy (non-hydrogen) atoms. The minimum absolute atomic E-state index is 0. The zero-order valence-corrected chi connectivity index (χ0v) is 18.2. The second-order valence-electron chi connectivity index (χ2n) is 6.19. The smallest absolute Gasteiger partial charge is 0.310 e. The minimum Gasteiger partial charge on any atom is -0.459 e. The highest BCUT2D eigenvalue weighted by Crippen LogP contribution is 2.33. The van der Waals surface area contributed by atoms with Crippen molar-refractivity contribution >= 4 is 53.0 Å². The van der Waals surface area contributed by atoms with E-state index in [4.69, 9.17) is 27.9 Å². The molecule has 152 valence electrons. The van der Waals surface area contributed by atoms with Gasteiger partial charge in [-0.25, -0.2) is 0 Å². The van der Waals surface area contributed by atoms with E-state index in [1.54, 1.807) is 18.2 Å². The zero-order chi connectivity index (χ0) is 19.9. The number of nitrogens with one attached hydrogen (secondary N) is 1. The quantitative estimate of drug-likeness (QED) is 0.422. The van der Waals surface area contributed by atoms with Crippen molar-refractivity contribution in [1.29, 1.82) is 0 Å². The Balaban J connectivity index is 0.00000300. The van der Waals surface area contributed by atoms with E-state index in [-0.39, 0.29) is 31.4 Å². The Kier molecular flexibility index (Phi) is 8.77. The summed E-state index contributed by atoms with van der Waals surface area (Å²) in [5.41, 5.74) is 3.85. The molecule has 1 aromatic heterocycles. The third kappa shape index (κ3) is 6.36. The molecule has 0 spiro atoms. The zero-order valence-electron chi connectivity index (χ0n) is 15.8. The number of carbonyl (C=O) groups excluding carboxylic acids is 1. The average molecular weight is 452 g/mol. The molecule has 0 radical (unpaired) electrons. The molecule has 0 aliphatic rings. The van der Waals surface area contributed by atoms with Crippen LogP contribution in [0.1, 0.15) is 23.9 Å². The molecule has 2 aromatic carbocycles. The predicted molar refractivity (Wildman–Crippen MR) is 121 cm³/mol. The van der Waals surface area contributed by atoms with Crippen molar-refractivity contribution in [3.63, 3.8) is 0 Å². The lowest BCUT2D eigenvalue weighted by Crippen LogP contribution is -2.10. The molecule has 0 fully saturated rings. The van der Waals surface area contributed by atoms with Gasteiger partial charge in [0.25, 0.3) is 0 Å². The normalized spacial score (nSPS) is 10.2. The lowest BCUT2D eigenvalue weighted by atomic mass is 10.1. The van der Waals surface area contributed by atoms with Gasteiger partial charge in [-0.15, -0.1) is 12.4 Å².